The van der Waals surface area contributed by atoms with E-state index in [1.165, 1.54) is 6.07 Å². The van der Waals surface area contributed by atoms with Crippen LogP contribution in [0.1, 0.15) is 13.3 Å². The zero-order valence-electron chi connectivity index (χ0n) is 10.5. The lowest BCUT2D eigenvalue weighted by Crippen LogP contribution is -2.26. The van der Waals surface area contributed by atoms with Crippen molar-refractivity contribution in [3.8, 4) is 0 Å². The minimum atomic E-state index is -0.185. The highest BCUT2D eigenvalue weighted by molar-refractivity contribution is 7.99. The molecule has 3 nitrogen and oxygen atoms in total. The van der Waals surface area contributed by atoms with E-state index in [2.05, 4.69) is 22.5 Å². The molecule has 2 rings (SSSR count). The first-order valence-electron chi connectivity index (χ1n) is 6.23. The molecule has 0 aliphatic carbocycles. The van der Waals surface area contributed by atoms with Gasteiger partial charge in [-0.15, -0.1) is 11.8 Å². The van der Waals surface area contributed by atoms with Crippen LogP contribution < -0.4 is 10.6 Å². The van der Waals surface area contributed by atoms with Gasteiger partial charge in [0.1, 0.15) is 11.7 Å². The molecule has 0 amide bonds. The van der Waals surface area contributed by atoms with Crippen molar-refractivity contribution in [1.29, 1.82) is 0 Å². The fourth-order valence-corrected chi connectivity index (χ4v) is 2.63. The number of benzene rings is 1. The zero-order valence-corrected chi connectivity index (χ0v) is 11.3. The lowest BCUT2D eigenvalue weighted by atomic mass is 10.3. The maximum Gasteiger partial charge on any atom is 0.124 e. The Labute approximate surface area is 111 Å². The topological polar surface area (TPSA) is 36.4 Å². The molecule has 5 heteroatoms. The van der Waals surface area contributed by atoms with Gasteiger partial charge in [0, 0.05) is 17.1 Å². The van der Waals surface area contributed by atoms with E-state index >= 15 is 0 Å². The van der Waals surface area contributed by atoms with Gasteiger partial charge in [-0.05, 0) is 30.4 Å². The van der Waals surface area contributed by atoms with E-state index in [4.69, 9.17) is 0 Å². The van der Waals surface area contributed by atoms with Crippen LogP contribution in [0.4, 0.5) is 10.1 Å². The molecule has 0 aromatic heterocycles. The first-order chi connectivity index (χ1) is 8.79. The molecule has 0 bridgehead atoms. The molecule has 1 aromatic rings. The van der Waals surface area contributed by atoms with Crippen LogP contribution in [0.25, 0.3) is 0 Å². The molecular formula is C13H18FN3S. The summed E-state index contributed by atoms with van der Waals surface area (Å²) in [4.78, 5) is 5.29. The Morgan fingerprint density at radius 3 is 3.11 bits per heavy atom. The van der Waals surface area contributed by atoms with Crippen molar-refractivity contribution in [2.45, 2.75) is 18.2 Å². The van der Waals surface area contributed by atoms with Gasteiger partial charge < -0.3 is 10.6 Å². The highest BCUT2D eigenvalue weighted by atomic mass is 32.2. The van der Waals surface area contributed by atoms with Crippen LogP contribution in [0.5, 0.6) is 0 Å². The average Bonchev–Trinajstić information content (AvgIpc) is 2.88. The maximum absolute atomic E-state index is 13.2. The van der Waals surface area contributed by atoms with E-state index in [0.29, 0.717) is 6.54 Å². The number of halogens is 1. The molecule has 0 unspecified atom stereocenters. The Morgan fingerprint density at radius 1 is 1.50 bits per heavy atom. The van der Waals surface area contributed by atoms with E-state index < -0.39 is 0 Å². The Kier molecular flexibility index (Phi) is 4.87. The lowest BCUT2D eigenvalue weighted by molar-refractivity contribution is 0.624. The van der Waals surface area contributed by atoms with Crippen molar-refractivity contribution in [1.82, 2.24) is 5.32 Å². The van der Waals surface area contributed by atoms with E-state index in [0.717, 1.165) is 41.7 Å². The summed E-state index contributed by atoms with van der Waals surface area (Å²) < 4.78 is 13.2. The van der Waals surface area contributed by atoms with Crippen molar-refractivity contribution in [3.63, 3.8) is 0 Å². The first-order valence-corrected chi connectivity index (χ1v) is 7.21. The first kappa shape index (κ1) is 13.2. The highest BCUT2D eigenvalue weighted by Gasteiger charge is 2.08. The van der Waals surface area contributed by atoms with Crippen molar-refractivity contribution in [2.24, 2.45) is 4.99 Å². The second kappa shape index (κ2) is 6.64. The summed E-state index contributed by atoms with van der Waals surface area (Å²) in [6.07, 6.45) is 1.08. The normalized spacial score (nSPS) is 14.2. The van der Waals surface area contributed by atoms with Gasteiger partial charge in [-0.2, -0.15) is 0 Å². The predicted molar refractivity (Wildman–Crippen MR) is 76.2 cm³/mol. The molecule has 0 saturated carbocycles. The molecule has 0 saturated heterocycles. The van der Waals surface area contributed by atoms with Crippen LogP contribution in [-0.2, 0) is 0 Å². The van der Waals surface area contributed by atoms with Gasteiger partial charge >= 0.3 is 0 Å². The standard InChI is InChI=1S/C13H18FN3S/c1-2-7-18-12-8-10(14)3-4-11(12)17-9-13-15-5-6-16-13/h3-4,8,17H,2,5-7,9H2,1H3,(H,15,16). The summed E-state index contributed by atoms with van der Waals surface area (Å²) in [5, 5.41) is 6.52. The van der Waals surface area contributed by atoms with Gasteiger partial charge in [0.05, 0.1) is 13.1 Å². The van der Waals surface area contributed by atoms with Crippen LogP contribution >= 0.6 is 11.8 Å². The molecular weight excluding hydrogens is 249 g/mol. The van der Waals surface area contributed by atoms with Gasteiger partial charge in [-0.25, -0.2) is 4.39 Å². The Bertz CT molecular complexity index is 434. The number of hydrogen-bond donors (Lipinski definition) is 2. The maximum atomic E-state index is 13.2. The minimum Gasteiger partial charge on any atom is -0.377 e. The Morgan fingerprint density at radius 2 is 2.39 bits per heavy atom. The van der Waals surface area contributed by atoms with E-state index in [1.54, 1.807) is 23.9 Å². The third-order valence-corrected chi connectivity index (χ3v) is 3.86. The largest absolute Gasteiger partial charge is 0.377 e. The molecule has 0 spiro atoms. The number of aliphatic imine (C=N–C) groups is 1. The summed E-state index contributed by atoms with van der Waals surface area (Å²) in [5.74, 6) is 1.79. The molecule has 0 radical (unpaired) electrons. The van der Waals surface area contributed by atoms with Gasteiger partial charge in [0.2, 0.25) is 0 Å². The quantitative estimate of drug-likeness (QED) is 0.778. The molecule has 1 aliphatic rings. The Balaban J connectivity index is 2.00. The van der Waals surface area contributed by atoms with Crippen LogP contribution in [0.15, 0.2) is 28.1 Å². The summed E-state index contributed by atoms with van der Waals surface area (Å²) in [5.41, 5.74) is 0.978. The summed E-state index contributed by atoms with van der Waals surface area (Å²) in [7, 11) is 0. The number of nitrogens with zero attached hydrogens (tertiary/aromatic N) is 1. The second-order valence-corrected chi connectivity index (χ2v) is 5.23. The predicted octanol–water partition coefficient (Wildman–Crippen LogP) is 2.74. The third kappa shape index (κ3) is 3.63. The molecule has 18 heavy (non-hydrogen) atoms. The summed E-state index contributed by atoms with van der Waals surface area (Å²) in [6, 6.07) is 4.87. The smallest absolute Gasteiger partial charge is 0.124 e. The number of anilines is 1. The second-order valence-electron chi connectivity index (χ2n) is 4.10. The molecule has 1 aromatic carbocycles. The SMILES string of the molecule is CCCSc1cc(F)ccc1NCC1=NCCN1. The molecule has 2 N–H and O–H groups in total. The molecule has 1 aliphatic heterocycles. The molecule has 98 valence electrons. The average molecular weight is 267 g/mol. The monoisotopic (exact) mass is 267 g/mol. The zero-order chi connectivity index (χ0) is 12.8. The van der Waals surface area contributed by atoms with E-state index in [-0.39, 0.29) is 5.82 Å². The Hall–Kier alpha value is -1.23. The number of thioether (sulfide) groups is 1. The van der Waals surface area contributed by atoms with Crippen molar-refractivity contribution in [2.75, 3.05) is 30.7 Å². The lowest BCUT2D eigenvalue weighted by Gasteiger charge is -2.12. The number of hydrogen-bond acceptors (Lipinski definition) is 4. The minimum absolute atomic E-state index is 0.185. The van der Waals surface area contributed by atoms with Crippen molar-refractivity contribution >= 4 is 23.3 Å². The summed E-state index contributed by atoms with van der Waals surface area (Å²) >= 11 is 1.68. The number of amidine groups is 1. The van der Waals surface area contributed by atoms with Crippen LogP contribution in [0, 0.1) is 5.82 Å². The fraction of sp³-hybridized carbons (Fsp3) is 0.462. The fourth-order valence-electron chi connectivity index (χ4n) is 1.72. The van der Waals surface area contributed by atoms with Gasteiger partial charge in [-0.1, -0.05) is 6.92 Å². The van der Waals surface area contributed by atoms with Crippen LogP contribution in [0.3, 0.4) is 0 Å². The van der Waals surface area contributed by atoms with Gasteiger partial charge in [-0.3, -0.25) is 4.99 Å². The number of rotatable bonds is 6. The third-order valence-electron chi connectivity index (χ3n) is 2.60. The van der Waals surface area contributed by atoms with Gasteiger partial charge in [0.25, 0.3) is 0 Å². The highest BCUT2D eigenvalue weighted by Crippen LogP contribution is 2.28. The molecule has 0 atom stereocenters. The van der Waals surface area contributed by atoms with Crippen LogP contribution in [-0.4, -0.2) is 31.2 Å². The van der Waals surface area contributed by atoms with Crippen molar-refractivity contribution < 1.29 is 4.39 Å². The molecule has 1 heterocycles. The van der Waals surface area contributed by atoms with E-state index in [9.17, 15) is 4.39 Å². The molecule has 0 fully saturated rings. The summed E-state index contributed by atoms with van der Waals surface area (Å²) in [6.45, 7) is 4.55. The van der Waals surface area contributed by atoms with Crippen molar-refractivity contribution in [3.05, 3.63) is 24.0 Å². The van der Waals surface area contributed by atoms with Gasteiger partial charge in [0.15, 0.2) is 0 Å². The number of nitrogens with one attached hydrogen (secondary N) is 2. The van der Waals surface area contributed by atoms with Crippen LogP contribution in [0.2, 0.25) is 0 Å². The van der Waals surface area contributed by atoms with E-state index in [1.807, 2.05) is 0 Å².